The molecule has 0 aliphatic heterocycles. The van der Waals surface area contributed by atoms with Gasteiger partial charge in [-0.1, -0.05) is 0 Å². The third-order valence-corrected chi connectivity index (χ3v) is 6.25. The van der Waals surface area contributed by atoms with Crippen molar-refractivity contribution in [3.8, 4) is 0 Å². The highest BCUT2D eigenvalue weighted by Gasteiger charge is 2.15. The van der Waals surface area contributed by atoms with Crippen LogP contribution in [-0.4, -0.2) is 29.1 Å². The fraction of sp³-hybridized carbons (Fsp3) is 0.133. The summed E-state index contributed by atoms with van der Waals surface area (Å²) in [4.78, 5) is 16.0. The Kier molecular flexibility index (Phi) is 5.39. The van der Waals surface area contributed by atoms with Crippen LogP contribution in [0.25, 0.3) is 0 Å². The molecule has 0 radical (unpaired) electrons. The molecule has 0 aliphatic rings. The van der Waals surface area contributed by atoms with Crippen LogP contribution >= 0.6 is 27.3 Å². The monoisotopic (exact) mass is 455 g/mol. The lowest BCUT2D eigenvalue weighted by Crippen LogP contribution is -2.19. The molecule has 0 bridgehead atoms. The van der Waals surface area contributed by atoms with Crippen LogP contribution in [-0.2, 0) is 21.4 Å². The minimum absolute atomic E-state index is 0.0537. The van der Waals surface area contributed by atoms with Crippen LogP contribution in [0.5, 0.6) is 0 Å². The maximum atomic E-state index is 12.3. The van der Waals surface area contributed by atoms with Crippen LogP contribution in [0, 0.1) is 6.92 Å². The predicted molar refractivity (Wildman–Crippen MR) is 103 cm³/mol. The van der Waals surface area contributed by atoms with E-state index in [1.54, 1.807) is 11.6 Å². The molecule has 136 valence electrons. The van der Waals surface area contributed by atoms with Gasteiger partial charge in [0.1, 0.15) is 6.54 Å². The molecule has 26 heavy (non-hydrogen) atoms. The van der Waals surface area contributed by atoms with Gasteiger partial charge < -0.3 is 5.32 Å². The van der Waals surface area contributed by atoms with Gasteiger partial charge in [-0.3, -0.25) is 14.2 Å². The number of rotatable bonds is 6. The molecule has 2 aromatic heterocycles. The lowest BCUT2D eigenvalue weighted by atomic mass is 10.3. The second-order valence-electron chi connectivity index (χ2n) is 5.28. The third-order valence-electron chi connectivity index (χ3n) is 3.29. The number of aryl methyl sites for hydroxylation is 1. The summed E-state index contributed by atoms with van der Waals surface area (Å²) in [5.74, 6) is -0.267. The molecular weight excluding hydrogens is 442 g/mol. The number of halogens is 1. The molecule has 2 heterocycles. The summed E-state index contributed by atoms with van der Waals surface area (Å²) >= 11 is 4.53. The minimum Gasteiger partial charge on any atom is -0.324 e. The molecule has 11 heteroatoms. The molecule has 0 unspecified atom stereocenters. The first-order valence-corrected chi connectivity index (χ1v) is 10.5. The van der Waals surface area contributed by atoms with Gasteiger partial charge in [0.15, 0.2) is 5.13 Å². The smallest absolute Gasteiger partial charge is 0.263 e. The molecule has 1 aromatic carbocycles. The highest BCUT2D eigenvalue weighted by molar-refractivity contribution is 9.10. The number of amides is 1. The zero-order chi connectivity index (χ0) is 18.7. The third kappa shape index (κ3) is 4.48. The van der Waals surface area contributed by atoms with Crippen molar-refractivity contribution >= 4 is 54.0 Å². The van der Waals surface area contributed by atoms with Gasteiger partial charge in [0.2, 0.25) is 5.91 Å². The quantitative estimate of drug-likeness (QED) is 0.594. The Hall–Kier alpha value is -2.24. The standard InChI is InChI=1S/C15H14BrN5O3S2/c1-10-13(16)8-21(19-10)9-14(22)18-11-2-4-12(5-3-11)26(23,24)20-15-17-6-7-25-15/h2-8H,9H2,1H3,(H,17,20)(H,18,22). The number of thiazole rings is 1. The number of benzene rings is 1. The Balaban J connectivity index is 1.64. The Labute approximate surface area is 162 Å². The van der Waals surface area contributed by atoms with Gasteiger partial charge in [0, 0.05) is 23.5 Å². The van der Waals surface area contributed by atoms with Crippen LogP contribution in [0.2, 0.25) is 0 Å². The highest BCUT2D eigenvalue weighted by atomic mass is 79.9. The van der Waals surface area contributed by atoms with Crippen molar-refractivity contribution in [1.29, 1.82) is 0 Å². The van der Waals surface area contributed by atoms with E-state index in [4.69, 9.17) is 0 Å². The summed E-state index contributed by atoms with van der Waals surface area (Å²) < 4.78 is 29.3. The summed E-state index contributed by atoms with van der Waals surface area (Å²) in [7, 11) is -3.71. The molecule has 8 nitrogen and oxygen atoms in total. The SMILES string of the molecule is Cc1nn(CC(=O)Nc2ccc(S(=O)(=O)Nc3nccs3)cc2)cc1Br. The number of aromatic nitrogens is 3. The zero-order valence-corrected chi connectivity index (χ0v) is 16.7. The number of sulfonamides is 1. The Morgan fingerprint density at radius 3 is 2.62 bits per heavy atom. The molecule has 2 N–H and O–H groups in total. The van der Waals surface area contributed by atoms with Crippen molar-refractivity contribution in [3.63, 3.8) is 0 Å². The topological polar surface area (TPSA) is 106 Å². The maximum Gasteiger partial charge on any atom is 0.263 e. The normalized spacial score (nSPS) is 11.3. The van der Waals surface area contributed by atoms with E-state index in [0.29, 0.717) is 10.8 Å². The molecule has 0 aliphatic carbocycles. The van der Waals surface area contributed by atoms with Gasteiger partial charge in [-0.05, 0) is 47.1 Å². The van der Waals surface area contributed by atoms with Crippen LogP contribution in [0.15, 0.2) is 51.4 Å². The number of hydrogen-bond donors (Lipinski definition) is 2. The first-order valence-electron chi connectivity index (χ1n) is 7.35. The fourth-order valence-electron chi connectivity index (χ4n) is 2.09. The van der Waals surface area contributed by atoms with Crippen LogP contribution in [0.3, 0.4) is 0 Å². The highest BCUT2D eigenvalue weighted by Crippen LogP contribution is 2.19. The Morgan fingerprint density at radius 2 is 2.04 bits per heavy atom. The van der Waals surface area contributed by atoms with E-state index in [1.807, 2.05) is 6.92 Å². The lowest BCUT2D eigenvalue weighted by Gasteiger charge is -2.08. The summed E-state index contributed by atoms with van der Waals surface area (Å²) in [5, 5.41) is 8.86. The lowest BCUT2D eigenvalue weighted by molar-refractivity contribution is -0.116. The van der Waals surface area contributed by atoms with E-state index in [0.717, 1.165) is 10.2 Å². The molecule has 0 spiro atoms. The molecule has 3 aromatic rings. The minimum atomic E-state index is -3.71. The van der Waals surface area contributed by atoms with Gasteiger partial charge in [0.05, 0.1) is 15.1 Å². The van der Waals surface area contributed by atoms with E-state index in [-0.39, 0.29) is 17.3 Å². The number of carbonyl (C=O) groups is 1. The molecule has 1 amide bonds. The zero-order valence-electron chi connectivity index (χ0n) is 13.5. The second kappa shape index (κ2) is 7.56. The van der Waals surface area contributed by atoms with E-state index in [2.05, 4.69) is 36.1 Å². The molecule has 3 rings (SSSR count). The maximum absolute atomic E-state index is 12.3. The average Bonchev–Trinajstić information content (AvgIpc) is 3.17. The van der Waals surface area contributed by atoms with Gasteiger partial charge in [0.25, 0.3) is 10.0 Å². The number of carbonyl (C=O) groups excluding carboxylic acids is 1. The van der Waals surface area contributed by atoms with Crippen molar-refractivity contribution in [2.45, 2.75) is 18.4 Å². The average molecular weight is 456 g/mol. The van der Waals surface area contributed by atoms with E-state index in [9.17, 15) is 13.2 Å². The number of hydrogen-bond acceptors (Lipinski definition) is 6. The molecule has 0 fully saturated rings. The van der Waals surface area contributed by atoms with Crippen molar-refractivity contribution in [3.05, 3.63) is 52.2 Å². The first-order chi connectivity index (χ1) is 12.3. The van der Waals surface area contributed by atoms with Crippen molar-refractivity contribution in [2.75, 3.05) is 10.0 Å². The molecule has 0 saturated carbocycles. The van der Waals surface area contributed by atoms with Crippen LogP contribution < -0.4 is 10.0 Å². The Bertz CT molecular complexity index is 995. The number of anilines is 2. The summed E-state index contributed by atoms with van der Waals surface area (Å²) in [6, 6.07) is 5.89. The van der Waals surface area contributed by atoms with Crippen LogP contribution in [0.1, 0.15) is 5.69 Å². The number of nitrogens with zero attached hydrogens (tertiary/aromatic N) is 3. The summed E-state index contributed by atoms with van der Waals surface area (Å²) in [5.41, 5.74) is 1.28. The van der Waals surface area contributed by atoms with Crippen LogP contribution in [0.4, 0.5) is 10.8 Å². The fourth-order valence-corrected chi connectivity index (χ4v) is 4.19. The Morgan fingerprint density at radius 1 is 1.31 bits per heavy atom. The first kappa shape index (κ1) is 18.5. The van der Waals surface area contributed by atoms with Crippen molar-refractivity contribution in [1.82, 2.24) is 14.8 Å². The van der Waals surface area contributed by atoms with Crippen molar-refractivity contribution < 1.29 is 13.2 Å². The summed E-state index contributed by atoms with van der Waals surface area (Å²) in [6.07, 6.45) is 3.23. The molecule has 0 saturated heterocycles. The summed E-state index contributed by atoms with van der Waals surface area (Å²) in [6.45, 7) is 1.88. The van der Waals surface area contributed by atoms with E-state index in [1.165, 1.54) is 46.5 Å². The molecule has 0 atom stereocenters. The number of nitrogens with one attached hydrogen (secondary N) is 2. The second-order valence-corrected chi connectivity index (χ2v) is 8.71. The van der Waals surface area contributed by atoms with E-state index < -0.39 is 10.0 Å². The van der Waals surface area contributed by atoms with Gasteiger partial charge in [-0.2, -0.15) is 5.10 Å². The van der Waals surface area contributed by atoms with Gasteiger partial charge in [-0.15, -0.1) is 11.3 Å². The van der Waals surface area contributed by atoms with E-state index >= 15 is 0 Å². The molecular formula is C15H14BrN5O3S2. The van der Waals surface area contributed by atoms with Gasteiger partial charge >= 0.3 is 0 Å². The predicted octanol–water partition coefficient (Wildman–Crippen LogP) is 2.85. The van der Waals surface area contributed by atoms with Crippen molar-refractivity contribution in [2.24, 2.45) is 0 Å². The van der Waals surface area contributed by atoms with Gasteiger partial charge in [-0.25, -0.2) is 13.4 Å². The largest absolute Gasteiger partial charge is 0.324 e.